The monoisotopic (exact) mass is 383 g/mol. The van der Waals surface area contributed by atoms with E-state index in [1.165, 1.54) is 4.31 Å². The Labute approximate surface area is 151 Å². The maximum absolute atomic E-state index is 12.0. The van der Waals surface area contributed by atoms with Gasteiger partial charge in [0.25, 0.3) is 0 Å². The molecule has 0 radical (unpaired) electrons. The number of aliphatic hydroxyl groups is 1. The van der Waals surface area contributed by atoms with E-state index in [4.69, 9.17) is 16.7 Å². The Morgan fingerprint density at radius 2 is 1.96 bits per heavy atom. The van der Waals surface area contributed by atoms with Crippen molar-refractivity contribution in [2.24, 2.45) is 0 Å². The fourth-order valence-electron chi connectivity index (χ4n) is 2.63. The molecule has 3 rings (SSSR count). The van der Waals surface area contributed by atoms with Crippen LogP contribution in [-0.2, 0) is 10.0 Å². The van der Waals surface area contributed by atoms with Crippen LogP contribution in [-0.4, -0.2) is 71.3 Å². The van der Waals surface area contributed by atoms with Crippen LogP contribution in [0.1, 0.15) is 0 Å². The molecule has 134 valence electrons. The SMILES string of the molecule is O=S(=O)(CCO)N1CCN(c2cc(Cl)nc(-c3cccnc3)n2)CC1. The number of pyridine rings is 1. The summed E-state index contributed by atoms with van der Waals surface area (Å²) < 4.78 is 25.4. The van der Waals surface area contributed by atoms with Crippen LogP contribution in [0.5, 0.6) is 0 Å². The Morgan fingerprint density at radius 3 is 2.60 bits per heavy atom. The Kier molecular flexibility index (Phi) is 5.48. The predicted molar refractivity (Wildman–Crippen MR) is 94.9 cm³/mol. The van der Waals surface area contributed by atoms with Crippen LogP contribution in [0, 0.1) is 0 Å². The van der Waals surface area contributed by atoms with Crippen LogP contribution in [0.15, 0.2) is 30.6 Å². The topological polar surface area (TPSA) is 99.5 Å². The van der Waals surface area contributed by atoms with Gasteiger partial charge in [0.05, 0.1) is 12.4 Å². The number of aromatic nitrogens is 3. The Balaban J connectivity index is 1.77. The third-order valence-electron chi connectivity index (χ3n) is 3.91. The molecule has 0 atom stereocenters. The number of halogens is 1. The van der Waals surface area contributed by atoms with Crippen LogP contribution in [0.2, 0.25) is 5.15 Å². The number of sulfonamides is 1. The standard InChI is InChI=1S/C15H18ClN5O3S/c16-13-10-14(19-15(18-13)12-2-1-3-17-11-12)20-4-6-21(7-5-20)25(23,24)9-8-22/h1-3,10-11,22H,4-9H2. The molecule has 1 aliphatic rings. The summed E-state index contributed by atoms with van der Waals surface area (Å²) in [6, 6.07) is 5.31. The molecular formula is C15H18ClN5O3S. The smallest absolute Gasteiger partial charge is 0.216 e. The van der Waals surface area contributed by atoms with Gasteiger partial charge in [0, 0.05) is 50.2 Å². The highest BCUT2D eigenvalue weighted by molar-refractivity contribution is 7.89. The summed E-state index contributed by atoms with van der Waals surface area (Å²) in [4.78, 5) is 14.8. The van der Waals surface area contributed by atoms with E-state index in [1.54, 1.807) is 24.5 Å². The van der Waals surface area contributed by atoms with Gasteiger partial charge in [-0.1, -0.05) is 11.6 Å². The summed E-state index contributed by atoms with van der Waals surface area (Å²) >= 11 is 6.13. The van der Waals surface area contributed by atoms with Crippen molar-refractivity contribution in [2.75, 3.05) is 43.4 Å². The summed E-state index contributed by atoms with van der Waals surface area (Å²) in [5, 5.41) is 9.20. The maximum atomic E-state index is 12.0. The first-order chi connectivity index (χ1) is 12.0. The summed E-state index contributed by atoms with van der Waals surface area (Å²) in [6.07, 6.45) is 3.33. The zero-order valence-corrected chi connectivity index (χ0v) is 15.0. The lowest BCUT2D eigenvalue weighted by Crippen LogP contribution is -2.49. The third-order valence-corrected chi connectivity index (χ3v) is 5.95. The number of hydrogen-bond donors (Lipinski definition) is 1. The molecule has 1 fully saturated rings. The van der Waals surface area contributed by atoms with Gasteiger partial charge in [-0.3, -0.25) is 4.98 Å². The van der Waals surface area contributed by atoms with E-state index in [-0.39, 0.29) is 12.4 Å². The number of rotatable bonds is 5. The Morgan fingerprint density at radius 1 is 1.20 bits per heavy atom. The molecule has 0 spiro atoms. The lowest BCUT2D eigenvalue weighted by molar-refractivity contribution is 0.312. The van der Waals surface area contributed by atoms with Crippen molar-refractivity contribution < 1.29 is 13.5 Å². The summed E-state index contributed by atoms with van der Waals surface area (Å²) in [7, 11) is -3.41. The van der Waals surface area contributed by atoms with Crippen LogP contribution >= 0.6 is 11.6 Å². The first kappa shape index (κ1) is 18.0. The summed E-state index contributed by atoms with van der Waals surface area (Å²) in [5.74, 6) is 0.876. The first-order valence-corrected chi connectivity index (χ1v) is 9.77. The van der Waals surface area contributed by atoms with Gasteiger partial charge in [-0.25, -0.2) is 18.4 Å². The largest absolute Gasteiger partial charge is 0.395 e. The second-order valence-electron chi connectivity index (χ2n) is 5.54. The average molecular weight is 384 g/mol. The molecule has 1 aliphatic heterocycles. The van der Waals surface area contributed by atoms with Crippen molar-refractivity contribution in [3.63, 3.8) is 0 Å². The second-order valence-corrected chi connectivity index (χ2v) is 8.02. The minimum Gasteiger partial charge on any atom is -0.395 e. The summed E-state index contributed by atoms with van der Waals surface area (Å²) in [5.41, 5.74) is 0.760. The average Bonchev–Trinajstić information content (AvgIpc) is 2.62. The molecule has 8 nitrogen and oxygen atoms in total. The van der Waals surface area contributed by atoms with Crippen molar-refractivity contribution in [3.8, 4) is 11.4 Å². The number of hydrogen-bond acceptors (Lipinski definition) is 7. The van der Waals surface area contributed by atoms with E-state index in [0.29, 0.717) is 43.0 Å². The lowest BCUT2D eigenvalue weighted by atomic mass is 10.2. The van der Waals surface area contributed by atoms with Crippen LogP contribution in [0.25, 0.3) is 11.4 Å². The molecule has 25 heavy (non-hydrogen) atoms. The van der Waals surface area contributed by atoms with Crippen LogP contribution in [0.3, 0.4) is 0 Å². The molecule has 0 bridgehead atoms. The van der Waals surface area contributed by atoms with Gasteiger partial charge in [0.15, 0.2) is 5.82 Å². The van der Waals surface area contributed by atoms with Crippen molar-refractivity contribution in [3.05, 3.63) is 35.7 Å². The van der Waals surface area contributed by atoms with Gasteiger partial charge in [0.2, 0.25) is 10.0 Å². The molecular weight excluding hydrogens is 366 g/mol. The summed E-state index contributed by atoms with van der Waals surface area (Å²) in [6.45, 7) is 1.28. The fraction of sp³-hybridized carbons (Fsp3) is 0.400. The van der Waals surface area contributed by atoms with E-state index in [2.05, 4.69) is 15.0 Å². The molecule has 3 heterocycles. The predicted octanol–water partition coefficient (Wildman–Crippen LogP) is 0.636. The van der Waals surface area contributed by atoms with E-state index >= 15 is 0 Å². The highest BCUT2D eigenvalue weighted by Gasteiger charge is 2.27. The molecule has 1 saturated heterocycles. The molecule has 0 unspecified atom stereocenters. The zero-order chi connectivity index (χ0) is 17.9. The van der Waals surface area contributed by atoms with Gasteiger partial charge in [0.1, 0.15) is 11.0 Å². The van der Waals surface area contributed by atoms with Crippen molar-refractivity contribution in [1.82, 2.24) is 19.3 Å². The normalized spacial score (nSPS) is 16.2. The molecule has 0 aliphatic carbocycles. The van der Waals surface area contributed by atoms with Crippen LogP contribution in [0.4, 0.5) is 5.82 Å². The fourth-order valence-corrected chi connectivity index (χ4v) is 4.02. The van der Waals surface area contributed by atoms with E-state index < -0.39 is 10.0 Å². The van der Waals surface area contributed by atoms with E-state index in [1.807, 2.05) is 11.0 Å². The van der Waals surface area contributed by atoms with Gasteiger partial charge in [-0.2, -0.15) is 4.31 Å². The molecule has 2 aromatic heterocycles. The van der Waals surface area contributed by atoms with Gasteiger partial charge < -0.3 is 10.0 Å². The van der Waals surface area contributed by atoms with Crippen molar-refractivity contribution in [2.45, 2.75) is 0 Å². The first-order valence-electron chi connectivity index (χ1n) is 7.78. The Bertz CT molecular complexity index is 826. The molecule has 0 saturated carbocycles. The van der Waals surface area contributed by atoms with E-state index in [9.17, 15) is 8.42 Å². The maximum Gasteiger partial charge on any atom is 0.216 e. The van der Waals surface area contributed by atoms with Gasteiger partial charge in [-0.15, -0.1) is 0 Å². The molecule has 0 aromatic carbocycles. The molecule has 2 aromatic rings. The molecule has 0 amide bonds. The second kappa shape index (κ2) is 7.61. The van der Waals surface area contributed by atoms with Gasteiger partial charge >= 0.3 is 0 Å². The number of piperazine rings is 1. The highest BCUT2D eigenvalue weighted by atomic mass is 35.5. The minimum atomic E-state index is -3.41. The lowest BCUT2D eigenvalue weighted by Gasteiger charge is -2.34. The van der Waals surface area contributed by atoms with Gasteiger partial charge in [-0.05, 0) is 12.1 Å². The number of anilines is 1. The quantitative estimate of drug-likeness (QED) is 0.756. The van der Waals surface area contributed by atoms with Crippen molar-refractivity contribution in [1.29, 1.82) is 0 Å². The molecule has 1 N–H and O–H groups in total. The molecule has 10 heteroatoms. The van der Waals surface area contributed by atoms with Crippen LogP contribution < -0.4 is 4.90 Å². The number of nitrogens with zero attached hydrogens (tertiary/aromatic N) is 5. The highest BCUT2D eigenvalue weighted by Crippen LogP contribution is 2.23. The minimum absolute atomic E-state index is 0.252. The van der Waals surface area contributed by atoms with E-state index in [0.717, 1.165) is 5.56 Å². The number of aliphatic hydroxyl groups excluding tert-OH is 1. The third kappa shape index (κ3) is 4.24. The van der Waals surface area contributed by atoms with Crippen molar-refractivity contribution >= 4 is 27.4 Å². The Hall–Kier alpha value is -1.81. The zero-order valence-electron chi connectivity index (χ0n) is 13.4.